The molecule has 0 heterocycles. The molecule has 0 fully saturated rings. The molecule has 0 atom stereocenters. The minimum Gasteiger partial charge on any atom is -0.352 e. The molecular formula is C16H18ClF3N2O2. The van der Waals surface area contributed by atoms with Gasteiger partial charge in [0.1, 0.15) is 0 Å². The number of likely N-dealkylation sites (N-methyl/N-ethyl adjacent to an activating group) is 1. The van der Waals surface area contributed by atoms with E-state index in [1.165, 1.54) is 19.2 Å². The van der Waals surface area contributed by atoms with Crippen molar-refractivity contribution in [1.29, 1.82) is 0 Å². The average Bonchev–Trinajstić information content (AvgIpc) is 2.43. The van der Waals surface area contributed by atoms with Gasteiger partial charge >= 0.3 is 6.18 Å². The summed E-state index contributed by atoms with van der Waals surface area (Å²) in [5.41, 5.74) is -0.788. The molecule has 0 bridgehead atoms. The van der Waals surface area contributed by atoms with Crippen LogP contribution in [0.5, 0.6) is 0 Å². The Kier molecular flexibility index (Phi) is 6.83. The van der Waals surface area contributed by atoms with Crippen molar-refractivity contribution in [2.45, 2.75) is 26.1 Å². The normalized spacial score (nSPS) is 11.8. The number of hydrogen-bond acceptors (Lipinski definition) is 2. The molecule has 0 aliphatic heterocycles. The van der Waals surface area contributed by atoms with Gasteiger partial charge in [0.05, 0.1) is 17.1 Å². The van der Waals surface area contributed by atoms with E-state index in [1.807, 2.05) is 0 Å². The van der Waals surface area contributed by atoms with Crippen LogP contribution in [-0.2, 0) is 15.8 Å². The van der Waals surface area contributed by atoms with Crippen LogP contribution >= 0.6 is 11.6 Å². The molecule has 0 unspecified atom stereocenters. The predicted octanol–water partition coefficient (Wildman–Crippen LogP) is 3.36. The number of benzene rings is 1. The van der Waals surface area contributed by atoms with Crippen molar-refractivity contribution in [3.8, 4) is 0 Å². The van der Waals surface area contributed by atoms with Crippen LogP contribution in [0.1, 0.15) is 25.0 Å². The van der Waals surface area contributed by atoms with Gasteiger partial charge in [0.2, 0.25) is 11.8 Å². The van der Waals surface area contributed by atoms with Gasteiger partial charge < -0.3 is 10.2 Å². The van der Waals surface area contributed by atoms with E-state index in [-0.39, 0.29) is 24.1 Å². The summed E-state index contributed by atoms with van der Waals surface area (Å²) in [6.07, 6.45) is -2.23. The van der Waals surface area contributed by atoms with Gasteiger partial charge in [0, 0.05) is 19.2 Å². The molecular weight excluding hydrogens is 345 g/mol. The predicted molar refractivity (Wildman–Crippen MR) is 86.4 cm³/mol. The lowest BCUT2D eigenvalue weighted by Crippen LogP contribution is -2.40. The van der Waals surface area contributed by atoms with Crippen LogP contribution in [0.2, 0.25) is 5.02 Å². The van der Waals surface area contributed by atoms with Crippen LogP contribution in [0.3, 0.4) is 0 Å². The number of amides is 2. The van der Waals surface area contributed by atoms with Crippen LogP contribution in [-0.4, -0.2) is 36.3 Å². The van der Waals surface area contributed by atoms with E-state index >= 15 is 0 Å². The van der Waals surface area contributed by atoms with Gasteiger partial charge in [0.25, 0.3) is 0 Å². The number of rotatable bonds is 5. The Morgan fingerprint density at radius 1 is 1.33 bits per heavy atom. The lowest BCUT2D eigenvalue weighted by molar-refractivity contribution is -0.137. The van der Waals surface area contributed by atoms with E-state index in [1.54, 1.807) is 13.8 Å². The summed E-state index contributed by atoms with van der Waals surface area (Å²) in [6, 6.07) is 3.30. The van der Waals surface area contributed by atoms with E-state index in [9.17, 15) is 22.8 Å². The van der Waals surface area contributed by atoms with Gasteiger partial charge in [-0.1, -0.05) is 17.7 Å². The van der Waals surface area contributed by atoms with E-state index in [2.05, 4.69) is 5.32 Å². The highest BCUT2D eigenvalue weighted by atomic mass is 35.5. The molecule has 1 aromatic carbocycles. The monoisotopic (exact) mass is 362 g/mol. The lowest BCUT2D eigenvalue weighted by Gasteiger charge is -2.16. The number of halogens is 4. The molecule has 4 nitrogen and oxygen atoms in total. The molecule has 0 saturated carbocycles. The van der Waals surface area contributed by atoms with E-state index in [0.717, 1.165) is 23.1 Å². The Balaban J connectivity index is 2.78. The molecule has 1 rings (SSSR count). The van der Waals surface area contributed by atoms with Gasteiger partial charge in [-0.3, -0.25) is 9.59 Å². The van der Waals surface area contributed by atoms with Crippen LogP contribution in [0.25, 0.3) is 6.08 Å². The average molecular weight is 363 g/mol. The van der Waals surface area contributed by atoms with Gasteiger partial charge in [0.15, 0.2) is 0 Å². The first kappa shape index (κ1) is 20.0. The second kappa shape index (κ2) is 8.19. The van der Waals surface area contributed by atoms with E-state index in [4.69, 9.17) is 11.6 Å². The van der Waals surface area contributed by atoms with Crippen LogP contribution in [0, 0.1) is 0 Å². The fraction of sp³-hybridized carbons (Fsp3) is 0.375. The zero-order chi connectivity index (χ0) is 18.5. The largest absolute Gasteiger partial charge is 0.417 e. The molecule has 0 aliphatic rings. The zero-order valence-corrected chi connectivity index (χ0v) is 14.2. The Morgan fingerprint density at radius 2 is 1.96 bits per heavy atom. The standard InChI is InChI=1S/C16H18ClF3N2O2/c1-10(2)21-14(23)9-22(3)15(24)7-5-11-4-6-13(17)12(8-11)16(18,19)20/h4-8,10H,9H2,1-3H3,(H,21,23)/b7-5+. The summed E-state index contributed by atoms with van der Waals surface area (Å²) >= 11 is 5.53. The number of carbonyl (C=O) groups excluding carboxylic acids is 2. The van der Waals surface area contributed by atoms with Crippen molar-refractivity contribution in [2.75, 3.05) is 13.6 Å². The van der Waals surface area contributed by atoms with Crippen LogP contribution in [0.4, 0.5) is 13.2 Å². The van der Waals surface area contributed by atoms with Gasteiger partial charge in [-0.25, -0.2) is 0 Å². The van der Waals surface area contributed by atoms with Gasteiger partial charge in [-0.2, -0.15) is 13.2 Å². The number of carbonyl (C=O) groups is 2. The quantitative estimate of drug-likeness (QED) is 0.817. The van der Waals surface area contributed by atoms with Gasteiger partial charge in [-0.05, 0) is 37.6 Å². The highest BCUT2D eigenvalue weighted by Gasteiger charge is 2.33. The topological polar surface area (TPSA) is 49.4 Å². The Labute approximate surface area is 143 Å². The molecule has 0 aromatic heterocycles. The van der Waals surface area contributed by atoms with Crippen molar-refractivity contribution in [3.63, 3.8) is 0 Å². The second-order valence-corrected chi connectivity index (χ2v) is 5.89. The highest BCUT2D eigenvalue weighted by molar-refractivity contribution is 6.31. The summed E-state index contributed by atoms with van der Waals surface area (Å²) in [5.74, 6) is -0.822. The van der Waals surface area contributed by atoms with Crippen LogP contribution in [0.15, 0.2) is 24.3 Å². The SMILES string of the molecule is CC(C)NC(=O)CN(C)C(=O)/C=C/c1ccc(Cl)c(C(F)(F)F)c1. The first-order chi connectivity index (χ1) is 11.0. The first-order valence-electron chi connectivity index (χ1n) is 7.10. The molecule has 24 heavy (non-hydrogen) atoms. The minimum absolute atomic E-state index is 0.0496. The Morgan fingerprint density at radius 3 is 2.50 bits per heavy atom. The zero-order valence-electron chi connectivity index (χ0n) is 13.4. The molecule has 0 aliphatic carbocycles. The number of alkyl halides is 3. The molecule has 0 saturated heterocycles. The van der Waals surface area contributed by atoms with Crippen molar-refractivity contribution >= 4 is 29.5 Å². The molecule has 8 heteroatoms. The lowest BCUT2D eigenvalue weighted by atomic mass is 10.1. The summed E-state index contributed by atoms with van der Waals surface area (Å²) in [6.45, 7) is 3.44. The molecule has 2 amide bonds. The third-order valence-electron chi connectivity index (χ3n) is 2.92. The maximum Gasteiger partial charge on any atom is 0.417 e. The smallest absolute Gasteiger partial charge is 0.352 e. The third-order valence-corrected chi connectivity index (χ3v) is 3.25. The summed E-state index contributed by atoms with van der Waals surface area (Å²) < 4.78 is 38.3. The number of nitrogens with one attached hydrogen (secondary N) is 1. The molecule has 132 valence electrons. The Bertz CT molecular complexity index is 643. The Hall–Kier alpha value is -2.02. The van der Waals surface area contributed by atoms with Crippen molar-refractivity contribution in [1.82, 2.24) is 10.2 Å². The highest BCUT2D eigenvalue weighted by Crippen LogP contribution is 2.35. The summed E-state index contributed by atoms with van der Waals surface area (Å²) in [5, 5.41) is 2.23. The third kappa shape index (κ3) is 6.23. The minimum atomic E-state index is -4.57. The van der Waals surface area contributed by atoms with Crippen molar-refractivity contribution in [3.05, 3.63) is 40.4 Å². The number of nitrogens with zero attached hydrogens (tertiary/aromatic N) is 1. The molecule has 0 spiro atoms. The number of hydrogen-bond donors (Lipinski definition) is 1. The molecule has 0 radical (unpaired) electrons. The summed E-state index contributed by atoms with van der Waals surface area (Å²) in [7, 11) is 1.43. The first-order valence-corrected chi connectivity index (χ1v) is 7.47. The fourth-order valence-electron chi connectivity index (χ4n) is 1.82. The maximum absolute atomic E-state index is 12.8. The van der Waals surface area contributed by atoms with Crippen LogP contribution < -0.4 is 5.32 Å². The maximum atomic E-state index is 12.8. The van der Waals surface area contributed by atoms with Crippen molar-refractivity contribution in [2.24, 2.45) is 0 Å². The van der Waals surface area contributed by atoms with Gasteiger partial charge in [-0.15, -0.1) is 0 Å². The van der Waals surface area contributed by atoms with E-state index in [0.29, 0.717) is 0 Å². The summed E-state index contributed by atoms with van der Waals surface area (Å²) in [4.78, 5) is 24.6. The van der Waals surface area contributed by atoms with E-state index < -0.39 is 22.7 Å². The molecule has 1 N–H and O–H groups in total. The molecule has 1 aromatic rings. The fourth-order valence-corrected chi connectivity index (χ4v) is 2.04. The van der Waals surface area contributed by atoms with Crippen molar-refractivity contribution < 1.29 is 22.8 Å². The second-order valence-electron chi connectivity index (χ2n) is 5.49.